The van der Waals surface area contributed by atoms with Gasteiger partial charge in [-0.25, -0.2) is 0 Å². The lowest BCUT2D eigenvalue weighted by Gasteiger charge is -2.10. The van der Waals surface area contributed by atoms with Crippen LogP contribution in [0.2, 0.25) is 0 Å². The number of nitrogens with one attached hydrogen (secondary N) is 1. The minimum absolute atomic E-state index is 0.144. The molecule has 0 bridgehead atoms. The molecule has 0 aromatic carbocycles. The summed E-state index contributed by atoms with van der Waals surface area (Å²) < 4.78 is 4.49. The van der Waals surface area contributed by atoms with Crippen molar-refractivity contribution in [3.05, 3.63) is 0 Å². The van der Waals surface area contributed by atoms with E-state index in [1.54, 1.807) is 0 Å². The summed E-state index contributed by atoms with van der Waals surface area (Å²) >= 11 is 0. The van der Waals surface area contributed by atoms with Gasteiger partial charge in [0.25, 0.3) is 0 Å². The fourth-order valence-electron chi connectivity index (χ4n) is 0.735. The number of ether oxygens (including phenoxy) is 1. The van der Waals surface area contributed by atoms with Gasteiger partial charge in [-0.15, -0.1) is 0 Å². The molecular weight excluding hydrogens is 144 g/mol. The minimum Gasteiger partial charge on any atom is -0.469 e. The van der Waals surface area contributed by atoms with Crippen molar-refractivity contribution in [2.24, 2.45) is 5.73 Å². The van der Waals surface area contributed by atoms with Crippen LogP contribution in [-0.2, 0) is 9.53 Å². The summed E-state index contributed by atoms with van der Waals surface area (Å²) in [6.45, 7) is 3.25. The van der Waals surface area contributed by atoms with Gasteiger partial charge in [0, 0.05) is 19.1 Å². The molecule has 0 fully saturated rings. The normalized spacial score (nSPS) is 12.6. The third-order valence-electron chi connectivity index (χ3n) is 1.34. The second-order valence-electron chi connectivity index (χ2n) is 2.42. The smallest absolute Gasteiger partial charge is 0.307 e. The van der Waals surface area contributed by atoms with Crippen molar-refractivity contribution in [2.75, 3.05) is 20.2 Å². The molecular formula is C7H16N2O2. The first-order chi connectivity index (χ1) is 5.20. The summed E-state index contributed by atoms with van der Waals surface area (Å²) in [6, 6.07) is 0.144. The molecule has 11 heavy (non-hydrogen) atoms. The Bertz CT molecular complexity index is 117. The maximum absolute atomic E-state index is 10.7. The predicted molar refractivity (Wildman–Crippen MR) is 43.2 cm³/mol. The Hall–Kier alpha value is -0.610. The molecule has 1 unspecified atom stereocenters. The Morgan fingerprint density at radius 1 is 1.73 bits per heavy atom. The molecule has 4 nitrogen and oxygen atoms in total. The summed E-state index contributed by atoms with van der Waals surface area (Å²) in [4.78, 5) is 10.7. The van der Waals surface area contributed by atoms with Crippen molar-refractivity contribution in [1.29, 1.82) is 0 Å². The first-order valence-electron chi connectivity index (χ1n) is 3.71. The van der Waals surface area contributed by atoms with E-state index < -0.39 is 0 Å². The highest BCUT2D eigenvalue weighted by Gasteiger charge is 2.06. The van der Waals surface area contributed by atoms with Gasteiger partial charge in [-0.2, -0.15) is 0 Å². The number of carbonyl (C=O) groups excluding carboxylic acids is 1. The van der Waals surface area contributed by atoms with Gasteiger partial charge in [-0.3, -0.25) is 4.79 Å². The molecule has 0 heterocycles. The standard InChI is InChI=1S/C7H16N2O2/c1-6(9-4-3-8)5-7(10)11-2/h6,9H,3-5,8H2,1-2H3. The number of carbonyl (C=O) groups is 1. The summed E-state index contributed by atoms with van der Waals surface area (Å²) in [5.41, 5.74) is 5.26. The fourth-order valence-corrected chi connectivity index (χ4v) is 0.735. The molecule has 0 radical (unpaired) electrons. The molecule has 0 amide bonds. The van der Waals surface area contributed by atoms with E-state index in [0.29, 0.717) is 13.0 Å². The van der Waals surface area contributed by atoms with Crippen molar-refractivity contribution in [1.82, 2.24) is 5.32 Å². The maximum Gasteiger partial charge on any atom is 0.307 e. The Kier molecular flexibility index (Phi) is 5.78. The molecule has 1 atom stereocenters. The van der Waals surface area contributed by atoms with Crippen LogP contribution in [0.25, 0.3) is 0 Å². The summed E-state index contributed by atoms with van der Waals surface area (Å²) in [7, 11) is 1.39. The van der Waals surface area contributed by atoms with Gasteiger partial charge in [0.2, 0.25) is 0 Å². The maximum atomic E-state index is 10.7. The average Bonchev–Trinajstić information content (AvgIpc) is 2.00. The molecule has 0 aromatic rings. The molecule has 0 aliphatic rings. The van der Waals surface area contributed by atoms with Gasteiger partial charge < -0.3 is 15.8 Å². The molecule has 0 saturated heterocycles. The van der Waals surface area contributed by atoms with Crippen LogP contribution in [0.4, 0.5) is 0 Å². The predicted octanol–water partition coefficient (Wildman–Crippen LogP) is -0.514. The van der Waals surface area contributed by atoms with Crippen LogP contribution >= 0.6 is 0 Å². The van der Waals surface area contributed by atoms with Gasteiger partial charge in [0.1, 0.15) is 0 Å². The molecule has 66 valence electrons. The second kappa shape index (κ2) is 6.12. The van der Waals surface area contributed by atoms with Crippen molar-refractivity contribution in [2.45, 2.75) is 19.4 Å². The van der Waals surface area contributed by atoms with Crippen LogP contribution in [0.3, 0.4) is 0 Å². The SMILES string of the molecule is COC(=O)CC(C)NCCN. The van der Waals surface area contributed by atoms with E-state index in [2.05, 4.69) is 10.1 Å². The topological polar surface area (TPSA) is 64.3 Å². The monoisotopic (exact) mass is 160 g/mol. The summed E-state index contributed by atoms with van der Waals surface area (Å²) in [5, 5.41) is 3.07. The van der Waals surface area contributed by atoms with Gasteiger partial charge in [-0.05, 0) is 6.92 Å². The molecule has 3 N–H and O–H groups in total. The molecule has 0 spiro atoms. The highest BCUT2D eigenvalue weighted by Crippen LogP contribution is 1.91. The number of methoxy groups -OCH3 is 1. The Morgan fingerprint density at radius 2 is 2.36 bits per heavy atom. The highest BCUT2D eigenvalue weighted by atomic mass is 16.5. The van der Waals surface area contributed by atoms with E-state index in [9.17, 15) is 4.79 Å². The average molecular weight is 160 g/mol. The van der Waals surface area contributed by atoms with Crippen LogP contribution < -0.4 is 11.1 Å². The minimum atomic E-state index is -0.193. The first kappa shape index (κ1) is 10.4. The van der Waals surface area contributed by atoms with Crippen LogP contribution in [0.5, 0.6) is 0 Å². The van der Waals surface area contributed by atoms with Gasteiger partial charge in [0.05, 0.1) is 13.5 Å². The van der Waals surface area contributed by atoms with Gasteiger partial charge in [0.15, 0.2) is 0 Å². The van der Waals surface area contributed by atoms with Crippen LogP contribution in [-0.4, -0.2) is 32.2 Å². The van der Waals surface area contributed by atoms with E-state index in [-0.39, 0.29) is 12.0 Å². The molecule has 0 aliphatic carbocycles. The molecule has 0 saturated carbocycles. The van der Waals surface area contributed by atoms with Crippen molar-refractivity contribution in [3.63, 3.8) is 0 Å². The lowest BCUT2D eigenvalue weighted by atomic mass is 10.2. The van der Waals surface area contributed by atoms with Crippen LogP contribution in [0.15, 0.2) is 0 Å². The Labute approximate surface area is 67.1 Å². The Morgan fingerprint density at radius 3 is 2.82 bits per heavy atom. The first-order valence-corrected chi connectivity index (χ1v) is 3.71. The number of nitrogens with two attached hydrogens (primary N) is 1. The van der Waals surface area contributed by atoms with Crippen molar-refractivity contribution in [3.8, 4) is 0 Å². The third-order valence-corrected chi connectivity index (χ3v) is 1.34. The number of hydrogen-bond donors (Lipinski definition) is 2. The molecule has 4 heteroatoms. The molecule has 0 rings (SSSR count). The Balaban J connectivity index is 3.35. The third kappa shape index (κ3) is 5.82. The van der Waals surface area contributed by atoms with Crippen molar-refractivity contribution >= 4 is 5.97 Å². The zero-order valence-corrected chi connectivity index (χ0v) is 7.09. The molecule has 0 aliphatic heterocycles. The zero-order valence-electron chi connectivity index (χ0n) is 7.09. The summed E-state index contributed by atoms with van der Waals surface area (Å²) in [6.07, 6.45) is 0.399. The zero-order chi connectivity index (χ0) is 8.69. The van der Waals surface area contributed by atoms with E-state index in [0.717, 1.165) is 6.54 Å². The van der Waals surface area contributed by atoms with E-state index in [4.69, 9.17) is 5.73 Å². The van der Waals surface area contributed by atoms with E-state index >= 15 is 0 Å². The van der Waals surface area contributed by atoms with Crippen molar-refractivity contribution < 1.29 is 9.53 Å². The quantitative estimate of drug-likeness (QED) is 0.531. The lowest BCUT2D eigenvalue weighted by Crippen LogP contribution is -2.32. The van der Waals surface area contributed by atoms with Gasteiger partial charge in [-0.1, -0.05) is 0 Å². The van der Waals surface area contributed by atoms with E-state index in [1.165, 1.54) is 7.11 Å². The highest BCUT2D eigenvalue weighted by molar-refractivity contribution is 5.69. The van der Waals surface area contributed by atoms with E-state index in [1.807, 2.05) is 6.92 Å². The number of hydrogen-bond acceptors (Lipinski definition) is 4. The second-order valence-corrected chi connectivity index (χ2v) is 2.42. The largest absolute Gasteiger partial charge is 0.469 e. The number of esters is 1. The number of rotatable bonds is 5. The fraction of sp³-hybridized carbons (Fsp3) is 0.857. The lowest BCUT2D eigenvalue weighted by molar-refractivity contribution is -0.141. The summed E-state index contributed by atoms with van der Waals surface area (Å²) in [5.74, 6) is -0.193. The van der Waals surface area contributed by atoms with Gasteiger partial charge >= 0.3 is 5.97 Å². The van der Waals surface area contributed by atoms with Crippen LogP contribution in [0, 0.1) is 0 Å². The van der Waals surface area contributed by atoms with Crippen LogP contribution in [0.1, 0.15) is 13.3 Å². The molecule has 0 aromatic heterocycles.